The van der Waals surface area contributed by atoms with Gasteiger partial charge in [0.1, 0.15) is 0 Å². The zero-order valence-electron chi connectivity index (χ0n) is 8.85. The molecule has 1 saturated heterocycles. The standard InChI is InChI=1S/C10H14ClN3S/c1-12-7-13(2)15-14(8-12)10-5-3-9(11)4-6-10/h3-6H,7-8H2,1-2H3. The summed E-state index contributed by atoms with van der Waals surface area (Å²) in [7, 11) is 4.20. The molecule has 0 N–H and O–H groups in total. The van der Waals surface area contributed by atoms with Gasteiger partial charge in [0.2, 0.25) is 0 Å². The van der Waals surface area contributed by atoms with Crippen molar-refractivity contribution in [3.63, 3.8) is 0 Å². The Labute approximate surface area is 99.9 Å². The van der Waals surface area contributed by atoms with Gasteiger partial charge in [0.05, 0.1) is 13.3 Å². The highest BCUT2D eigenvalue weighted by molar-refractivity contribution is 7.98. The Kier molecular flexibility index (Phi) is 3.41. The molecule has 0 aromatic heterocycles. The van der Waals surface area contributed by atoms with Crippen molar-refractivity contribution < 1.29 is 0 Å². The molecule has 0 amide bonds. The van der Waals surface area contributed by atoms with Crippen LogP contribution in [0.4, 0.5) is 5.69 Å². The summed E-state index contributed by atoms with van der Waals surface area (Å²) < 4.78 is 4.43. The van der Waals surface area contributed by atoms with Crippen LogP contribution < -0.4 is 4.31 Å². The first kappa shape index (κ1) is 11.1. The van der Waals surface area contributed by atoms with E-state index in [1.807, 2.05) is 24.3 Å². The van der Waals surface area contributed by atoms with E-state index in [2.05, 4.69) is 27.6 Å². The van der Waals surface area contributed by atoms with Crippen molar-refractivity contribution in [2.24, 2.45) is 0 Å². The third-order valence-corrected chi connectivity index (χ3v) is 3.33. The second-order valence-corrected chi connectivity index (χ2v) is 5.37. The van der Waals surface area contributed by atoms with Gasteiger partial charge < -0.3 is 0 Å². The van der Waals surface area contributed by atoms with Crippen LogP contribution in [0.5, 0.6) is 0 Å². The predicted octanol–water partition coefficient (Wildman–Crippen LogP) is 2.50. The second-order valence-electron chi connectivity index (χ2n) is 3.70. The maximum atomic E-state index is 5.86. The fourth-order valence-corrected chi connectivity index (χ4v) is 2.74. The normalized spacial score (nSPS) is 19.5. The molecule has 1 aromatic rings. The largest absolute Gasteiger partial charge is 0.289 e. The van der Waals surface area contributed by atoms with E-state index in [1.54, 1.807) is 12.1 Å². The van der Waals surface area contributed by atoms with Crippen LogP contribution in [-0.2, 0) is 0 Å². The van der Waals surface area contributed by atoms with Crippen molar-refractivity contribution in [3.05, 3.63) is 29.3 Å². The first-order chi connectivity index (χ1) is 7.15. The van der Waals surface area contributed by atoms with Gasteiger partial charge in [0, 0.05) is 29.9 Å². The highest BCUT2D eigenvalue weighted by Gasteiger charge is 2.19. The Hall–Kier alpha value is -0.420. The number of nitrogens with zero attached hydrogens (tertiary/aromatic N) is 3. The van der Waals surface area contributed by atoms with Crippen LogP contribution in [0, 0.1) is 0 Å². The van der Waals surface area contributed by atoms with Crippen molar-refractivity contribution in [2.45, 2.75) is 0 Å². The average Bonchev–Trinajstić information content (AvgIpc) is 2.17. The molecule has 5 heteroatoms. The van der Waals surface area contributed by atoms with Crippen LogP contribution in [0.3, 0.4) is 0 Å². The Morgan fingerprint density at radius 1 is 1.13 bits per heavy atom. The third-order valence-electron chi connectivity index (χ3n) is 2.16. The summed E-state index contributed by atoms with van der Waals surface area (Å²) in [4.78, 5) is 2.26. The molecule has 1 fully saturated rings. The lowest BCUT2D eigenvalue weighted by Crippen LogP contribution is -2.44. The highest BCUT2D eigenvalue weighted by atomic mass is 35.5. The first-order valence-corrected chi connectivity index (χ1v) is 5.87. The van der Waals surface area contributed by atoms with Crippen LogP contribution in [0.2, 0.25) is 5.02 Å². The maximum Gasteiger partial charge on any atom is 0.0835 e. The number of hydrogen-bond donors (Lipinski definition) is 0. The zero-order valence-corrected chi connectivity index (χ0v) is 10.4. The molecule has 3 nitrogen and oxygen atoms in total. The molecule has 82 valence electrons. The van der Waals surface area contributed by atoms with Gasteiger partial charge in [-0.2, -0.15) is 0 Å². The molecule has 1 aliphatic heterocycles. The molecule has 2 rings (SSSR count). The lowest BCUT2D eigenvalue weighted by molar-refractivity contribution is 0.255. The van der Waals surface area contributed by atoms with Gasteiger partial charge in [-0.05, 0) is 31.3 Å². The molecule has 0 saturated carbocycles. The Balaban J connectivity index is 2.12. The van der Waals surface area contributed by atoms with Gasteiger partial charge in [-0.3, -0.25) is 9.21 Å². The van der Waals surface area contributed by atoms with E-state index in [9.17, 15) is 0 Å². The monoisotopic (exact) mass is 243 g/mol. The predicted molar refractivity (Wildman–Crippen MR) is 66.8 cm³/mol. The quantitative estimate of drug-likeness (QED) is 0.701. The summed E-state index contributed by atoms with van der Waals surface area (Å²) in [6.07, 6.45) is 0. The molecule has 15 heavy (non-hydrogen) atoms. The lowest BCUT2D eigenvalue weighted by Gasteiger charge is -2.38. The van der Waals surface area contributed by atoms with Crippen LogP contribution in [0.25, 0.3) is 0 Å². The lowest BCUT2D eigenvalue weighted by atomic mass is 10.3. The van der Waals surface area contributed by atoms with Crippen molar-refractivity contribution in [3.8, 4) is 0 Å². The zero-order chi connectivity index (χ0) is 10.8. The number of halogens is 1. The Morgan fingerprint density at radius 3 is 2.40 bits per heavy atom. The fraction of sp³-hybridized carbons (Fsp3) is 0.400. The minimum atomic E-state index is 0.780. The van der Waals surface area contributed by atoms with Crippen molar-refractivity contribution in [1.29, 1.82) is 0 Å². The van der Waals surface area contributed by atoms with Crippen molar-refractivity contribution in [2.75, 3.05) is 31.7 Å². The molecular formula is C10H14ClN3S. The van der Waals surface area contributed by atoms with Gasteiger partial charge in [0.15, 0.2) is 0 Å². The molecule has 0 spiro atoms. The molecule has 1 aliphatic rings. The van der Waals surface area contributed by atoms with Crippen LogP contribution in [-0.4, -0.2) is 36.6 Å². The third kappa shape index (κ3) is 2.78. The summed E-state index contributed by atoms with van der Waals surface area (Å²) in [6.45, 7) is 1.91. The molecule has 0 aliphatic carbocycles. The fourth-order valence-electron chi connectivity index (χ4n) is 1.56. The van der Waals surface area contributed by atoms with E-state index < -0.39 is 0 Å². The number of anilines is 1. The van der Waals surface area contributed by atoms with Crippen LogP contribution >= 0.6 is 23.7 Å². The van der Waals surface area contributed by atoms with E-state index in [0.717, 1.165) is 18.4 Å². The van der Waals surface area contributed by atoms with E-state index in [4.69, 9.17) is 11.6 Å². The molecule has 1 heterocycles. The minimum Gasteiger partial charge on any atom is -0.289 e. The number of benzene rings is 1. The van der Waals surface area contributed by atoms with E-state index in [-0.39, 0.29) is 0 Å². The summed E-state index contributed by atoms with van der Waals surface area (Å²) in [5.41, 5.74) is 1.18. The molecule has 0 radical (unpaired) electrons. The SMILES string of the molecule is CN1CN(C)SN(c2ccc(Cl)cc2)C1. The Morgan fingerprint density at radius 2 is 1.80 bits per heavy atom. The Bertz CT molecular complexity index is 320. The summed E-state index contributed by atoms with van der Waals surface area (Å²) in [6, 6.07) is 7.93. The number of hydrogen-bond acceptors (Lipinski definition) is 4. The van der Waals surface area contributed by atoms with Gasteiger partial charge in [-0.1, -0.05) is 11.6 Å². The maximum absolute atomic E-state index is 5.86. The van der Waals surface area contributed by atoms with Crippen molar-refractivity contribution >= 4 is 29.4 Å². The highest BCUT2D eigenvalue weighted by Crippen LogP contribution is 2.28. The molecule has 1 aromatic carbocycles. The van der Waals surface area contributed by atoms with E-state index >= 15 is 0 Å². The van der Waals surface area contributed by atoms with Crippen LogP contribution in [0.15, 0.2) is 24.3 Å². The topological polar surface area (TPSA) is 9.72 Å². The summed E-state index contributed by atoms with van der Waals surface area (Å²) in [5, 5.41) is 0.780. The number of rotatable bonds is 1. The van der Waals surface area contributed by atoms with E-state index in [1.165, 1.54) is 5.69 Å². The van der Waals surface area contributed by atoms with Gasteiger partial charge in [0.25, 0.3) is 0 Å². The average molecular weight is 244 g/mol. The molecular weight excluding hydrogens is 230 g/mol. The minimum absolute atomic E-state index is 0.780. The molecule has 0 bridgehead atoms. The van der Waals surface area contributed by atoms with E-state index in [0.29, 0.717) is 0 Å². The smallest absolute Gasteiger partial charge is 0.0835 e. The van der Waals surface area contributed by atoms with Gasteiger partial charge in [-0.25, -0.2) is 4.31 Å². The van der Waals surface area contributed by atoms with Crippen LogP contribution in [0.1, 0.15) is 0 Å². The first-order valence-electron chi connectivity index (χ1n) is 4.76. The van der Waals surface area contributed by atoms with Gasteiger partial charge >= 0.3 is 0 Å². The summed E-state index contributed by atoms with van der Waals surface area (Å²) >= 11 is 7.59. The van der Waals surface area contributed by atoms with Gasteiger partial charge in [-0.15, -0.1) is 0 Å². The van der Waals surface area contributed by atoms with Crippen molar-refractivity contribution in [1.82, 2.24) is 9.21 Å². The summed E-state index contributed by atoms with van der Waals surface area (Å²) in [5.74, 6) is 0. The molecule has 0 unspecified atom stereocenters. The second kappa shape index (κ2) is 4.61. The molecule has 0 atom stereocenters.